The van der Waals surface area contributed by atoms with E-state index in [9.17, 15) is 0 Å². The van der Waals surface area contributed by atoms with Crippen molar-refractivity contribution in [2.45, 2.75) is 116 Å². The van der Waals surface area contributed by atoms with Crippen LogP contribution in [-0.4, -0.2) is 29.9 Å². The molecule has 2 heterocycles. The molecule has 4 aliphatic rings. The highest BCUT2D eigenvalue weighted by molar-refractivity contribution is 5.98. The third kappa shape index (κ3) is 10.0. The van der Waals surface area contributed by atoms with Gasteiger partial charge >= 0.3 is 0 Å². The Morgan fingerprint density at radius 1 is 0.176 bits per heavy atom. The molecular weight excluding hydrogens is 1240 g/mol. The first-order chi connectivity index (χ1) is 49.1. The summed E-state index contributed by atoms with van der Waals surface area (Å²) in [7, 11) is 0. The SMILES string of the molecule is CC1(C)c2cc(-c3ccc(-c4nc(-c5ccccc5)nc(-c5ccccc5)n4)cc3)ccc2-c2c1ccc1c2-c2ccccc2C(C)(C)C1(C)C.CC1(C)c2cc(-c3cccc(-c4nc(-c5ccccc5)nc(-c5ccccc5)n4)c3)ccc2-c2ccc3c(c21)C(C)(C)C(C)(C)c1ccccc1-3. The number of benzene rings is 12. The van der Waals surface area contributed by atoms with Crippen LogP contribution in [0.25, 0.3) is 135 Å². The number of hydrogen-bond donors (Lipinski definition) is 0. The Hall–Kier alpha value is -11.3. The van der Waals surface area contributed by atoms with Gasteiger partial charge in [0.25, 0.3) is 0 Å². The minimum absolute atomic E-state index is 0.00529. The van der Waals surface area contributed by atoms with Crippen molar-refractivity contribution in [1.29, 1.82) is 0 Å². The van der Waals surface area contributed by atoms with Crippen LogP contribution in [0, 0.1) is 0 Å². The van der Waals surface area contributed by atoms with E-state index < -0.39 is 0 Å². The Kier molecular flexibility index (Phi) is 14.8. The maximum Gasteiger partial charge on any atom is 0.164 e. The molecule has 0 spiro atoms. The number of rotatable bonds is 8. The molecule has 4 aliphatic carbocycles. The Balaban J connectivity index is 0.000000152. The Morgan fingerprint density at radius 3 is 1.00 bits per heavy atom. The van der Waals surface area contributed by atoms with Crippen molar-refractivity contribution in [2.24, 2.45) is 0 Å². The second kappa shape index (κ2) is 23.6. The summed E-state index contributed by atoms with van der Waals surface area (Å²) in [6, 6.07) is 99.7. The van der Waals surface area contributed by atoms with Crippen LogP contribution in [0.4, 0.5) is 0 Å². The van der Waals surface area contributed by atoms with Crippen molar-refractivity contribution in [2.75, 3.05) is 0 Å². The largest absolute Gasteiger partial charge is 0.208 e. The molecular formula is C96H82N6. The molecule has 12 aromatic carbocycles. The molecule has 14 aromatic rings. The summed E-state index contributed by atoms with van der Waals surface area (Å²) < 4.78 is 0. The molecule has 2 aromatic heterocycles. The molecule has 0 aliphatic heterocycles. The van der Waals surface area contributed by atoms with E-state index in [0.29, 0.717) is 34.9 Å². The Morgan fingerprint density at radius 2 is 0.480 bits per heavy atom. The predicted molar refractivity (Wildman–Crippen MR) is 421 cm³/mol. The first-order valence-electron chi connectivity index (χ1n) is 35.9. The first-order valence-corrected chi connectivity index (χ1v) is 35.9. The summed E-state index contributed by atoms with van der Waals surface area (Å²) in [5.41, 5.74) is 32.5. The average molecular weight is 1320 g/mol. The van der Waals surface area contributed by atoms with E-state index >= 15 is 0 Å². The molecule has 0 radical (unpaired) electrons. The number of hydrogen-bond acceptors (Lipinski definition) is 6. The highest BCUT2D eigenvalue weighted by Crippen LogP contribution is 2.63. The molecule has 102 heavy (non-hydrogen) atoms. The first kappa shape index (κ1) is 64.1. The minimum atomic E-state index is -0.174. The maximum absolute atomic E-state index is 5.00. The zero-order valence-electron chi connectivity index (χ0n) is 60.2. The van der Waals surface area contributed by atoms with Crippen molar-refractivity contribution in [3.8, 4) is 135 Å². The fraction of sp³-hybridized carbons (Fsp3) is 0.188. The monoisotopic (exact) mass is 1320 g/mol. The minimum Gasteiger partial charge on any atom is -0.208 e. The van der Waals surface area contributed by atoms with Crippen molar-refractivity contribution >= 4 is 0 Å². The number of nitrogens with zero attached hydrogens (tertiary/aromatic N) is 6. The molecule has 6 heteroatoms. The highest BCUT2D eigenvalue weighted by Gasteiger charge is 2.52. The van der Waals surface area contributed by atoms with Crippen LogP contribution in [0.1, 0.15) is 128 Å². The van der Waals surface area contributed by atoms with E-state index in [4.69, 9.17) is 29.9 Å². The number of aromatic nitrogens is 6. The van der Waals surface area contributed by atoms with Gasteiger partial charge in [-0.15, -0.1) is 0 Å². The molecule has 496 valence electrons. The molecule has 0 bridgehead atoms. The highest BCUT2D eigenvalue weighted by atomic mass is 15.0. The summed E-state index contributed by atoms with van der Waals surface area (Å²) in [4.78, 5) is 29.6. The van der Waals surface area contributed by atoms with E-state index in [1.807, 2.05) is 121 Å². The van der Waals surface area contributed by atoms with Crippen molar-refractivity contribution in [3.05, 3.63) is 324 Å². The van der Waals surface area contributed by atoms with Crippen LogP contribution in [0.3, 0.4) is 0 Å². The van der Waals surface area contributed by atoms with Gasteiger partial charge in [0.2, 0.25) is 0 Å². The van der Waals surface area contributed by atoms with E-state index in [-0.39, 0.29) is 32.5 Å². The molecule has 0 saturated heterocycles. The summed E-state index contributed by atoms with van der Waals surface area (Å²) in [6.45, 7) is 29.0. The van der Waals surface area contributed by atoms with Gasteiger partial charge in [-0.3, -0.25) is 0 Å². The lowest BCUT2D eigenvalue weighted by molar-refractivity contribution is 0.295. The van der Waals surface area contributed by atoms with Gasteiger partial charge in [0, 0.05) is 44.2 Å². The zero-order chi connectivity index (χ0) is 70.2. The average Bonchev–Trinajstić information content (AvgIpc) is 1.41. The summed E-state index contributed by atoms with van der Waals surface area (Å²) >= 11 is 0. The van der Waals surface area contributed by atoms with Crippen LogP contribution < -0.4 is 0 Å². The Bertz CT molecular complexity index is 5550. The lowest BCUT2D eigenvalue weighted by atomic mass is 9.53. The van der Waals surface area contributed by atoms with Crippen LogP contribution >= 0.6 is 0 Å². The Labute approximate surface area is 600 Å². The lowest BCUT2D eigenvalue weighted by Crippen LogP contribution is -2.45. The third-order valence-electron chi connectivity index (χ3n) is 24.2. The quantitative estimate of drug-likeness (QED) is 0.151. The van der Waals surface area contributed by atoms with Crippen LogP contribution in [-0.2, 0) is 32.5 Å². The number of fused-ring (bicyclic) bond motifs is 14. The van der Waals surface area contributed by atoms with Crippen LogP contribution in [0.5, 0.6) is 0 Å². The molecule has 0 unspecified atom stereocenters. The van der Waals surface area contributed by atoms with Crippen molar-refractivity contribution < 1.29 is 0 Å². The van der Waals surface area contributed by atoms with Gasteiger partial charge in [0.05, 0.1) is 0 Å². The van der Waals surface area contributed by atoms with Crippen LogP contribution in [0.2, 0.25) is 0 Å². The summed E-state index contributed by atoms with van der Waals surface area (Å²) in [5.74, 6) is 3.99. The summed E-state index contributed by atoms with van der Waals surface area (Å²) in [5, 5.41) is 0. The van der Waals surface area contributed by atoms with E-state index in [1.165, 1.54) is 106 Å². The van der Waals surface area contributed by atoms with Gasteiger partial charge in [-0.25, -0.2) is 29.9 Å². The predicted octanol–water partition coefficient (Wildman–Crippen LogP) is 24.2. The molecule has 0 amide bonds. The van der Waals surface area contributed by atoms with Gasteiger partial charge < -0.3 is 0 Å². The molecule has 0 atom stereocenters. The van der Waals surface area contributed by atoms with E-state index in [2.05, 4.69) is 241 Å². The molecule has 0 N–H and O–H groups in total. The van der Waals surface area contributed by atoms with E-state index in [1.54, 1.807) is 0 Å². The molecule has 0 saturated carbocycles. The lowest BCUT2D eigenvalue weighted by Gasteiger charge is -2.50. The maximum atomic E-state index is 5.00. The van der Waals surface area contributed by atoms with Gasteiger partial charge in [-0.05, 0) is 151 Å². The van der Waals surface area contributed by atoms with Crippen molar-refractivity contribution in [3.63, 3.8) is 0 Å². The summed E-state index contributed by atoms with van der Waals surface area (Å²) in [6.07, 6.45) is 0. The molecule has 6 nitrogen and oxygen atoms in total. The van der Waals surface area contributed by atoms with E-state index in [0.717, 1.165) is 38.9 Å². The van der Waals surface area contributed by atoms with Crippen molar-refractivity contribution in [1.82, 2.24) is 29.9 Å². The second-order valence-electron chi connectivity index (χ2n) is 31.4. The van der Waals surface area contributed by atoms with Gasteiger partial charge in [0.15, 0.2) is 34.9 Å². The van der Waals surface area contributed by atoms with Gasteiger partial charge in [-0.2, -0.15) is 0 Å². The zero-order valence-corrected chi connectivity index (χ0v) is 60.2. The molecule has 0 fully saturated rings. The normalized spacial score (nSPS) is 15.7. The topological polar surface area (TPSA) is 77.3 Å². The standard InChI is InChI=1S/2C48H41N3/c1-46(2)40-29-33(24-25-36(40)37-26-27-38-35-22-13-14-23-39(35)47(3,4)48(5,6)42(38)41(37)46)32-20-15-21-34(28-32)45-50-43(30-16-9-7-10-17-30)49-44(51-45)31-18-11-8-12-19-31;1-46(2)38-27-28-39-42(35-19-13-14-20-37(35)47(3,4)48(39,5)6)41(38)36-26-25-34(29-40(36)46)30-21-23-33(24-22-30)45-50-43(31-15-9-7-10-16-31)49-44(51-45)32-17-11-8-12-18-32/h2*7-29H,1-6H3. The van der Waals surface area contributed by atoms with Gasteiger partial charge in [0.1, 0.15) is 0 Å². The third-order valence-corrected chi connectivity index (χ3v) is 24.2. The second-order valence-corrected chi connectivity index (χ2v) is 31.4. The van der Waals surface area contributed by atoms with Crippen LogP contribution in [0.15, 0.2) is 279 Å². The fourth-order valence-corrected chi connectivity index (χ4v) is 17.1. The van der Waals surface area contributed by atoms with Gasteiger partial charge in [-0.1, -0.05) is 344 Å². The smallest absolute Gasteiger partial charge is 0.164 e. The fourth-order valence-electron chi connectivity index (χ4n) is 17.1. The molecule has 18 rings (SSSR count).